The number of rotatable bonds is 1. The van der Waals surface area contributed by atoms with Crippen LogP contribution in [-0.4, -0.2) is 9.91 Å². The second kappa shape index (κ2) is 3.47. The summed E-state index contributed by atoms with van der Waals surface area (Å²) >= 11 is 5.78. The van der Waals surface area contributed by atoms with E-state index < -0.39 is 4.92 Å². The minimum Gasteiger partial charge on any atom is -0.258 e. The van der Waals surface area contributed by atoms with Crippen LogP contribution in [0.3, 0.4) is 0 Å². The van der Waals surface area contributed by atoms with E-state index in [0.29, 0.717) is 15.9 Å². The summed E-state index contributed by atoms with van der Waals surface area (Å²) in [6.07, 6.45) is 0. The third kappa shape index (κ3) is 1.76. The highest BCUT2D eigenvalue weighted by Crippen LogP contribution is 2.28. The SMILES string of the molecule is Cc1ccc2cc(Cl)cc([N+](=O)[O-])c2n1. The highest BCUT2D eigenvalue weighted by atomic mass is 35.5. The van der Waals surface area contributed by atoms with Crippen molar-refractivity contribution in [3.63, 3.8) is 0 Å². The van der Waals surface area contributed by atoms with E-state index in [4.69, 9.17) is 11.6 Å². The molecule has 0 aliphatic heterocycles. The van der Waals surface area contributed by atoms with Crippen molar-refractivity contribution in [2.24, 2.45) is 0 Å². The van der Waals surface area contributed by atoms with E-state index in [2.05, 4.69) is 4.98 Å². The van der Waals surface area contributed by atoms with Crippen LogP contribution >= 0.6 is 11.6 Å². The van der Waals surface area contributed by atoms with Gasteiger partial charge in [-0.05, 0) is 19.1 Å². The van der Waals surface area contributed by atoms with Crippen LogP contribution in [0.5, 0.6) is 0 Å². The lowest BCUT2D eigenvalue weighted by Gasteiger charge is -2.00. The Kier molecular flexibility index (Phi) is 2.28. The second-order valence-corrected chi connectivity index (χ2v) is 3.64. The van der Waals surface area contributed by atoms with Gasteiger partial charge in [0.2, 0.25) is 0 Å². The van der Waals surface area contributed by atoms with Gasteiger partial charge in [-0.1, -0.05) is 17.7 Å². The first-order valence-corrected chi connectivity index (χ1v) is 4.67. The van der Waals surface area contributed by atoms with Gasteiger partial charge >= 0.3 is 0 Å². The average molecular weight is 223 g/mol. The van der Waals surface area contributed by atoms with Gasteiger partial charge in [0, 0.05) is 22.2 Å². The van der Waals surface area contributed by atoms with Gasteiger partial charge in [0.25, 0.3) is 5.69 Å². The Morgan fingerprint density at radius 3 is 2.80 bits per heavy atom. The Bertz CT molecular complexity index is 554. The third-order valence-corrected chi connectivity index (χ3v) is 2.29. The van der Waals surface area contributed by atoms with Gasteiger partial charge in [-0.3, -0.25) is 10.1 Å². The second-order valence-electron chi connectivity index (χ2n) is 3.21. The topological polar surface area (TPSA) is 56.0 Å². The number of aryl methyl sites for hydroxylation is 1. The molecule has 76 valence electrons. The van der Waals surface area contributed by atoms with Gasteiger partial charge in [0.1, 0.15) is 5.52 Å². The zero-order chi connectivity index (χ0) is 11.0. The number of hydrogen-bond donors (Lipinski definition) is 0. The molecule has 5 heteroatoms. The molecule has 1 heterocycles. The molecule has 1 aromatic carbocycles. The monoisotopic (exact) mass is 222 g/mol. The van der Waals surface area contributed by atoms with Crippen LogP contribution in [-0.2, 0) is 0 Å². The van der Waals surface area contributed by atoms with Crippen LogP contribution in [0, 0.1) is 17.0 Å². The first-order valence-electron chi connectivity index (χ1n) is 4.29. The highest BCUT2D eigenvalue weighted by molar-refractivity contribution is 6.31. The molecule has 0 fully saturated rings. The molecule has 0 radical (unpaired) electrons. The first-order chi connectivity index (χ1) is 7.08. The number of aromatic nitrogens is 1. The zero-order valence-corrected chi connectivity index (χ0v) is 8.65. The molecule has 0 spiro atoms. The lowest BCUT2D eigenvalue weighted by Crippen LogP contribution is -1.92. The minimum absolute atomic E-state index is 0.0544. The van der Waals surface area contributed by atoms with Crippen LogP contribution in [0.1, 0.15) is 5.69 Å². The normalized spacial score (nSPS) is 10.5. The van der Waals surface area contributed by atoms with Gasteiger partial charge in [-0.2, -0.15) is 0 Å². The maximum absolute atomic E-state index is 10.8. The first kappa shape index (κ1) is 9.86. The molecule has 0 aliphatic rings. The molecule has 0 aliphatic carbocycles. The molecule has 4 nitrogen and oxygen atoms in total. The lowest BCUT2D eigenvalue weighted by atomic mass is 10.2. The van der Waals surface area contributed by atoms with Crippen LogP contribution in [0.2, 0.25) is 5.02 Å². The predicted molar refractivity (Wildman–Crippen MR) is 58.1 cm³/mol. The molecule has 0 unspecified atom stereocenters. The smallest absolute Gasteiger partial charge is 0.258 e. The Hall–Kier alpha value is -1.68. The number of hydrogen-bond acceptors (Lipinski definition) is 3. The third-order valence-electron chi connectivity index (χ3n) is 2.07. The standard InChI is InChI=1S/C10H7ClN2O2/c1-6-2-3-7-4-8(11)5-9(13(14)15)10(7)12-6/h2-5H,1H3. The quantitative estimate of drug-likeness (QED) is 0.550. The largest absolute Gasteiger partial charge is 0.296 e. The van der Waals surface area contributed by atoms with Gasteiger partial charge in [0.15, 0.2) is 0 Å². The van der Waals surface area contributed by atoms with E-state index in [1.165, 1.54) is 6.07 Å². The summed E-state index contributed by atoms with van der Waals surface area (Å²) < 4.78 is 0. The van der Waals surface area contributed by atoms with E-state index in [1.54, 1.807) is 25.1 Å². The molecule has 0 saturated carbocycles. The van der Waals surface area contributed by atoms with Crippen molar-refractivity contribution in [1.29, 1.82) is 0 Å². The van der Waals surface area contributed by atoms with E-state index >= 15 is 0 Å². The number of non-ortho nitro benzene ring substituents is 1. The van der Waals surface area contributed by atoms with Crippen molar-refractivity contribution in [2.75, 3.05) is 0 Å². The molecule has 0 amide bonds. The fraction of sp³-hybridized carbons (Fsp3) is 0.100. The summed E-state index contributed by atoms with van der Waals surface area (Å²) in [5.41, 5.74) is 1.07. The number of fused-ring (bicyclic) bond motifs is 1. The molecule has 2 rings (SSSR count). The number of pyridine rings is 1. The van der Waals surface area contributed by atoms with Crippen molar-refractivity contribution in [2.45, 2.75) is 6.92 Å². The fourth-order valence-electron chi connectivity index (χ4n) is 1.42. The summed E-state index contributed by atoms with van der Waals surface area (Å²) in [5, 5.41) is 11.8. The molecule has 2 aromatic rings. The van der Waals surface area contributed by atoms with Gasteiger partial charge in [-0.25, -0.2) is 4.98 Å². The van der Waals surface area contributed by atoms with Crippen molar-refractivity contribution in [3.05, 3.63) is 45.1 Å². The van der Waals surface area contributed by atoms with Gasteiger partial charge in [0.05, 0.1) is 4.92 Å². The lowest BCUT2D eigenvalue weighted by molar-refractivity contribution is -0.383. The Balaban J connectivity index is 2.87. The molecular formula is C10H7ClN2O2. The summed E-state index contributed by atoms with van der Waals surface area (Å²) in [7, 11) is 0. The molecule has 0 saturated heterocycles. The molecule has 0 bridgehead atoms. The van der Waals surface area contributed by atoms with Crippen LogP contribution in [0.15, 0.2) is 24.3 Å². The van der Waals surface area contributed by atoms with E-state index in [-0.39, 0.29) is 5.69 Å². The molecular weight excluding hydrogens is 216 g/mol. The number of benzene rings is 1. The summed E-state index contributed by atoms with van der Waals surface area (Å²) in [5.74, 6) is 0. The van der Waals surface area contributed by atoms with Crippen LogP contribution in [0.25, 0.3) is 10.9 Å². The van der Waals surface area contributed by atoms with E-state index in [1.807, 2.05) is 0 Å². The van der Waals surface area contributed by atoms with Gasteiger partial charge in [-0.15, -0.1) is 0 Å². The molecule has 15 heavy (non-hydrogen) atoms. The summed E-state index contributed by atoms with van der Waals surface area (Å²) in [6.45, 7) is 1.79. The van der Waals surface area contributed by atoms with Crippen LogP contribution < -0.4 is 0 Å². The van der Waals surface area contributed by atoms with Crippen molar-refractivity contribution in [1.82, 2.24) is 4.98 Å². The summed E-state index contributed by atoms with van der Waals surface area (Å²) in [4.78, 5) is 14.5. The maximum atomic E-state index is 10.8. The molecule has 1 aromatic heterocycles. The highest BCUT2D eigenvalue weighted by Gasteiger charge is 2.14. The Morgan fingerprint density at radius 1 is 1.40 bits per heavy atom. The zero-order valence-electron chi connectivity index (χ0n) is 7.90. The van der Waals surface area contributed by atoms with Crippen molar-refractivity contribution < 1.29 is 4.92 Å². The maximum Gasteiger partial charge on any atom is 0.296 e. The number of halogens is 1. The van der Waals surface area contributed by atoms with Crippen LogP contribution in [0.4, 0.5) is 5.69 Å². The minimum atomic E-state index is -0.472. The van der Waals surface area contributed by atoms with Crippen molar-refractivity contribution >= 4 is 28.2 Å². The Labute approximate surface area is 90.7 Å². The molecule has 0 N–H and O–H groups in total. The average Bonchev–Trinajstić information content (AvgIpc) is 2.17. The van der Waals surface area contributed by atoms with Crippen molar-refractivity contribution in [3.8, 4) is 0 Å². The summed E-state index contributed by atoms with van der Waals surface area (Å²) in [6, 6.07) is 6.55. The molecule has 0 atom stereocenters. The van der Waals surface area contributed by atoms with Gasteiger partial charge < -0.3 is 0 Å². The number of nitro benzene ring substituents is 1. The number of nitrogens with zero attached hydrogens (tertiary/aromatic N) is 2. The van der Waals surface area contributed by atoms with E-state index in [0.717, 1.165) is 5.69 Å². The fourth-order valence-corrected chi connectivity index (χ4v) is 1.64. The Morgan fingerprint density at radius 2 is 2.13 bits per heavy atom. The number of nitro groups is 1. The predicted octanol–water partition coefficient (Wildman–Crippen LogP) is 3.10. The van der Waals surface area contributed by atoms with E-state index in [9.17, 15) is 10.1 Å².